The Morgan fingerprint density at radius 2 is 1.43 bits per heavy atom. The van der Waals surface area contributed by atoms with E-state index in [1.165, 1.54) is 6.92 Å². The topological polar surface area (TPSA) is 68.8 Å². The summed E-state index contributed by atoms with van der Waals surface area (Å²) in [4.78, 5) is 3.52. The molecule has 1 aliphatic rings. The molecule has 1 N–H and O–H groups in total. The second-order valence-corrected chi connectivity index (χ2v) is 7.33. The van der Waals surface area contributed by atoms with E-state index in [4.69, 9.17) is 0 Å². The minimum Gasteiger partial charge on any atom is -0.374 e. The van der Waals surface area contributed by atoms with E-state index in [1.807, 2.05) is 0 Å². The third-order valence-electron chi connectivity index (χ3n) is 5.23. The first-order valence-corrected chi connectivity index (χ1v) is 8.30. The lowest BCUT2D eigenvalue weighted by molar-refractivity contribution is -0.300. The van der Waals surface area contributed by atoms with Crippen molar-refractivity contribution in [1.82, 2.24) is 24.3 Å². The van der Waals surface area contributed by atoms with E-state index < -0.39 is 59.6 Å². The maximum absolute atomic E-state index is 13.4. The number of rotatable bonds is 2. The van der Waals surface area contributed by atoms with Gasteiger partial charge in [0.1, 0.15) is 5.69 Å². The van der Waals surface area contributed by atoms with Gasteiger partial charge in [0.25, 0.3) is 0 Å². The molecule has 0 radical (unpaired) electrons. The molecule has 168 valence electrons. The maximum Gasteiger partial charge on any atom is 0.424 e. The van der Waals surface area contributed by atoms with Crippen molar-refractivity contribution >= 4 is 0 Å². The minimum atomic E-state index is -5.78. The predicted octanol–water partition coefficient (Wildman–Crippen LogP) is 3.87. The molecule has 0 amide bonds. The van der Waals surface area contributed by atoms with Crippen molar-refractivity contribution in [2.75, 3.05) is 0 Å². The summed E-state index contributed by atoms with van der Waals surface area (Å²) in [5.74, 6) is -2.84. The van der Waals surface area contributed by atoms with Crippen LogP contribution in [0.2, 0.25) is 0 Å². The molecule has 15 heteroatoms. The van der Waals surface area contributed by atoms with Crippen molar-refractivity contribution in [2.45, 2.75) is 62.9 Å². The molecule has 0 aliphatic carbocycles. The Hall–Kier alpha value is -2.32. The molecule has 1 unspecified atom stereocenters. The van der Waals surface area contributed by atoms with Crippen LogP contribution in [0.1, 0.15) is 38.5 Å². The van der Waals surface area contributed by atoms with Gasteiger partial charge in [-0.15, -0.1) is 10.2 Å². The highest BCUT2D eigenvalue weighted by molar-refractivity contribution is 5.53. The lowest BCUT2D eigenvalue weighted by Crippen LogP contribution is -2.53. The molecule has 6 nitrogen and oxygen atoms in total. The van der Waals surface area contributed by atoms with E-state index in [1.54, 1.807) is 0 Å². The number of aromatic nitrogens is 5. The van der Waals surface area contributed by atoms with Gasteiger partial charge in [0.05, 0.1) is 12.2 Å². The van der Waals surface area contributed by atoms with Gasteiger partial charge in [0.15, 0.2) is 17.5 Å². The smallest absolute Gasteiger partial charge is 0.374 e. The summed E-state index contributed by atoms with van der Waals surface area (Å²) < 4.78 is 122. The van der Waals surface area contributed by atoms with Gasteiger partial charge in [0.2, 0.25) is 11.0 Å². The van der Waals surface area contributed by atoms with Crippen molar-refractivity contribution in [1.29, 1.82) is 0 Å². The van der Waals surface area contributed by atoms with E-state index >= 15 is 0 Å². The average Bonchev–Trinajstić information content (AvgIpc) is 3.15. The van der Waals surface area contributed by atoms with Gasteiger partial charge in [-0.3, -0.25) is 0 Å². The highest BCUT2D eigenvalue weighted by atomic mass is 19.4. The minimum absolute atomic E-state index is 0.0826. The van der Waals surface area contributed by atoms with Crippen LogP contribution in [0.25, 0.3) is 11.5 Å². The van der Waals surface area contributed by atoms with E-state index in [0.29, 0.717) is 11.5 Å². The van der Waals surface area contributed by atoms with E-state index in [9.17, 15) is 44.6 Å². The third-order valence-corrected chi connectivity index (χ3v) is 5.23. The molecule has 0 saturated heterocycles. The first kappa shape index (κ1) is 22.4. The Morgan fingerprint density at radius 3 is 1.90 bits per heavy atom. The summed E-state index contributed by atoms with van der Waals surface area (Å²) in [5.41, 5.74) is -8.09. The lowest BCUT2D eigenvalue weighted by atomic mass is 9.87. The first-order valence-electron chi connectivity index (χ1n) is 8.30. The Labute approximate surface area is 162 Å². The van der Waals surface area contributed by atoms with Gasteiger partial charge >= 0.3 is 18.5 Å². The first-order chi connectivity index (χ1) is 13.4. The molecule has 30 heavy (non-hydrogen) atoms. The number of hydrogen-bond donors (Lipinski definition) is 1. The maximum atomic E-state index is 13.4. The van der Waals surface area contributed by atoms with Gasteiger partial charge in [-0.2, -0.15) is 39.5 Å². The SMILES string of the molecule is C[C@H]1Cn2c(nnc2C(C)(C(F)(F)F)C(F)(F)F)-c2cnc(C(C)(O)C(F)(F)F)n21. The average molecular weight is 451 g/mol. The monoisotopic (exact) mass is 451 g/mol. The number of imidazole rings is 1. The van der Waals surface area contributed by atoms with Crippen LogP contribution in [-0.4, -0.2) is 48.0 Å². The number of alkyl halides is 9. The number of halogens is 9. The summed E-state index contributed by atoms with van der Waals surface area (Å²) >= 11 is 0. The largest absolute Gasteiger partial charge is 0.424 e. The molecule has 0 spiro atoms. The molecule has 0 fully saturated rings. The van der Waals surface area contributed by atoms with Crippen molar-refractivity contribution in [3.8, 4) is 11.5 Å². The molecule has 2 aromatic heterocycles. The van der Waals surface area contributed by atoms with Crippen LogP contribution < -0.4 is 0 Å². The second kappa shape index (κ2) is 6.11. The molecule has 3 rings (SSSR count). The molecular formula is C15H14F9N5O. The fraction of sp³-hybridized carbons (Fsp3) is 0.667. The van der Waals surface area contributed by atoms with Crippen molar-refractivity contribution in [3.05, 3.63) is 17.8 Å². The normalized spacial score (nSPS) is 20.0. The van der Waals surface area contributed by atoms with E-state index in [0.717, 1.165) is 10.8 Å². The van der Waals surface area contributed by atoms with Gasteiger partial charge < -0.3 is 14.2 Å². The van der Waals surface area contributed by atoms with Crippen LogP contribution in [0.15, 0.2) is 6.20 Å². The zero-order valence-electron chi connectivity index (χ0n) is 15.4. The molecule has 1 aliphatic heterocycles. The summed E-state index contributed by atoms with van der Waals surface area (Å²) in [6.07, 6.45) is -15.9. The van der Waals surface area contributed by atoms with Crippen molar-refractivity contribution in [2.24, 2.45) is 0 Å². The number of aliphatic hydroxyl groups is 1. The van der Waals surface area contributed by atoms with Crippen molar-refractivity contribution < 1.29 is 44.6 Å². The molecule has 2 atom stereocenters. The summed E-state index contributed by atoms with van der Waals surface area (Å²) in [6, 6.07) is -1.10. The van der Waals surface area contributed by atoms with Crippen LogP contribution in [0.4, 0.5) is 39.5 Å². The predicted molar refractivity (Wildman–Crippen MR) is 81.0 cm³/mol. The highest BCUT2D eigenvalue weighted by Crippen LogP contribution is 2.52. The van der Waals surface area contributed by atoms with E-state index in [-0.39, 0.29) is 12.6 Å². The zero-order chi connectivity index (χ0) is 23.1. The Kier molecular flexibility index (Phi) is 4.55. The van der Waals surface area contributed by atoms with Crippen LogP contribution in [0.5, 0.6) is 0 Å². The van der Waals surface area contributed by atoms with Crippen LogP contribution in [0, 0.1) is 0 Å². The molecular weight excluding hydrogens is 437 g/mol. The quantitative estimate of drug-likeness (QED) is 0.705. The van der Waals surface area contributed by atoms with Crippen LogP contribution in [0.3, 0.4) is 0 Å². The molecule has 3 heterocycles. The van der Waals surface area contributed by atoms with Gasteiger partial charge in [0, 0.05) is 6.54 Å². The Morgan fingerprint density at radius 1 is 0.900 bits per heavy atom. The number of nitrogens with zero attached hydrogens (tertiary/aromatic N) is 5. The zero-order valence-corrected chi connectivity index (χ0v) is 15.4. The highest BCUT2D eigenvalue weighted by Gasteiger charge is 2.71. The van der Waals surface area contributed by atoms with Gasteiger partial charge in [-0.1, -0.05) is 0 Å². The summed E-state index contributed by atoms with van der Waals surface area (Å²) in [7, 11) is 0. The molecule has 0 aromatic carbocycles. The second-order valence-electron chi connectivity index (χ2n) is 7.33. The lowest BCUT2D eigenvalue weighted by Gasteiger charge is -2.35. The molecule has 0 bridgehead atoms. The standard InChI is InChI=1S/C15H14F9N5O/c1-6-5-28-8(7-4-25-10(29(6)7)12(3,30)15(22,23)24)26-27-9(28)11(2,13(16,17)18)14(19,20)21/h4,6,30H,5H2,1-3H3/t6-,12?/m0/s1. The fourth-order valence-electron chi connectivity index (χ4n) is 3.25. The van der Waals surface area contributed by atoms with Gasteiger partial charge in [-0.05, 0) is 20.8 Å². The molecule has 2 aromatic rings. The number of fused-ring (bicyclic) bond motifs is 3. The van der Waals surface area contributed by atoms with Crippen LogP contribution in [-0.2, 0) is 17.6 Å². The van der Waals surface area contributed by atoms with Gasteiger partial charge in [-0.25, -0.2) is 4.98 Å². The Bertz CT molecular complexity index is 953. The Balaban J connectivity index is 2.24. The van der Waals surface area contributed by atoms with Crippen LogP contribution >= 0.6 is 0 Å². The third kappa shape index (κ3) is 2.80. The summed E-state index contributed by atoms with van der Waals surface area (Å²) in [5, 5.41) is 16.4. The van der Waals surface area contributed by atoms with Crippen molar-refractivity contribution in [3.63, 3.8) is 0 Å². The molecule has 0 saturated carbocycles. The number of hydrogen-bond acceptors (Lipinski definition) is 4. The fourth-order valence-corrected chi connectivity index (χ4v) is 3.25. The summed E-state index contributed by atoms with van der Waals surface area (Å²) in [6.45, 7) is 1.00. The van der Waals surface area contributed by atoms with E-state index in [2.05, 4.69) is 15.2 Å².